The molecule has 0 aliphatic rings. The Morgan fingerprint density at radius 2 is 2.00 bits per heavy atom. The van der Waals surface area contributed by atoms with Gasteiger partial charge in [0.15, 0.2) is 5.75 Å². The third-order valence-electron chi connectivity index (χ3n) is 3.61. The van der Waals surface area contributed by atoms with E-state index in [1.165, 1.54) is 6.08 Å². The van der Waals surface area contributed by atoms with E-state index in [-0.39, 0.29) is 12.4 Å². The third kappa shape index (κ3) is 4.18. The molecule has 26 heavy (non-hydrogen) atoms. The lowest BCUT2D eigenvalue weighted by Gasteiger charge is -2.07. The number of furan rings is 1. The van der Waals surface area contributed by atoms with E-state index in [4.69, 9.17) is 32.4 Å². The molecule has 0 atom stereocenters. The normalized spacial score (nSPS) is 11.2. The van der Waals surface area contributed by atoms with Crippen LogP contribution in [0.3, 0.4) is 0 Å². The van der Waals surface area contributed by atoms with Crippen LogP contribution in [0.2, 0.25) is 10.0 Å². The van der Waals surface area contributed by atoms with Gasteiger partial charge in [-0.25, -0.2) is 0 Å². The monoisotopic (exact) mass is 390 g/mol. The van der Waals surface area contributed by atoms with Crippen molar-refractivity contribution in [3.05, 3.63) is 75.4 Å². The van der Waals surface area contributed by atoms with Crippen LogP contribution in [0.5, 0.6) is 5.75 Å². The summed E-state index contributed by atoms with van der Waals surface area (Å²) in [6, 6.07) is 10.4. The van der Waals surface area contributed by atoms with E-state index in [2.05, 4.69) is 5.10 Å². The number of para-hydroxylation sites is 1. The Kier molecular flexibility index (Phi) is 5.49. The Balaban J connectivity index is 1.64. The molecule has 3 aromatic rings. The molecule has 3 rings (SSSR count). The van der Waals surface area contributed by atoms with Gasteiger partial charge >= 0.3 is 0 Å². The molecule has 2 heterocycles. The fraction of sp³-hybridized carbons (Fsp3) is 0.158. The number of aromatic nitrogens is 2. The summed E-state index contributed by atoms with van der Waals surface area (Å²) in [5.41, 5.74) is 1.31. The van der Waals surface area contributed by atoms with Gasteiger partial charge in [0.2, 0.25) is 5.78 Å². The lowest BCUT2D eigenvalue weighted by atomic mass is 10.2. The summed E-state index contributed by atoms with van der Waals surface area (Å²) >= 11 is 12.1. The minimum Gasteiger partial charge on any atom is -0.483 e. The number of allylic oxidation sites excluding steroid dienone is 1. The minimum absolute atomic E-state index is 0.148. The molecular weight excluding hydrogens is 375 g/mol. The summed E-state index contributed by atoms with van der Waals surface area (Å²) in [4.78, 5) is 12.2. The third-order valence-corrected chi connectivity index (χ3v) is 4.21. The molecule has 2 aromatic heterocycles. The van der Waals surface area contributed by atoms with E-state index in [0.717, 1.165) is 5.69 Å². The number of aryl methyl sites for hydroxylation is 2. The molecule has 0 N–H and O–H groups in total. The van der Waals surface area contributed by atoms with Gasteiger partial charge in [-0.2, -0.15) is 5.10 Å². The van der Waals surface area contributed by atoms with Gasteiger partial charge in [0.25, 0.3) is 0 Å². The summed E-state index contributed by atoms with van der Waals surface area (Å²) in [5, 5.41) is 5.02. The summed E-state index contributed by atoms with van der Waals surface area (Å²) in [7, 11) is 1.73. The highest BCUT2D eigenvalue weighted by Gasteiger charge is 2.10. The van der Waals surface area contributed by atoms with Gasteiger partial charge < -0.3 is 9.15 Å². The molecule has 0 unspecified atom stereocenters. The number of benzene rings is 1. The number of nitrogens with zero attached hydrogens (tertiary/aromatic N) is 2. The molecule has 0 saturated carbocycles. The molecule has 0 spiro atoms. The van der Waals surface area contributed by atoms with Crippen LogP contribution in [0.25, 0.3) is 6.08 Å². The molecule has 0 amide bonds. The number of halogens is 2. The fourth-order valence-electron chi connectivity index (χ4n) is 2.41. The van der Waals surface area contributed by atoms with Crippen molar-refractivity contribution in [3.63, 3.8) is 0 Å². The number of ketones is 1. The van der Waals surface area contributed by atoms with Crippen LogP contribution in [0, 0.1) is 6.92 Å². The number of carbonyl (C=O) groups is 1. The number of rotatable bonds is 6. The second-order valence-electron chi connectivity index (χ2n) is 5.64. The van der Waals surface area contributed by atoms with Crippen molar-refractivity contribution in [2.24, 2.45) is 7.05 Å². The minimum atomic E-state index is -0.148. The van der Waals surface area contributed by atoms with Crippen LogP contribution >= 0.6 is 23.2 Å². The van der Waals surface area contributed by atoms with E-state index in [1.54, 1.807) is 54.2 Å². The Morgan fingerprint density at radius 1 is 1.27 bits per heavy atom. The van der Waals surface area contributed by atoms with E-state index in [1.807, 2.05) is 6.92 Å². The first-order valence-corrected chi connectivity index (χ1v) is 8.58. The van der Waals surface area contributed by atoms with Crippen LogP contribution in [0.1, 0.15) is 27.7 Å². The van der Waals surface area contributed by atoms with E-state index >= 15 is 0 Å². The zero-order valence-corrected chi connectivity index (χ0v) is 15.7. The van der Waals surface area contributed by atoms with Crippen molar-refractivity contribution in [3.8, 4) is 5.75 Å². The van der Waals surface area contributed by atoms with Gasteiger partial charge in [0.1, 0.15) is 23.8 Å². The second kappa shape index (κ2) is 7.81. The zero-order chi connectivity index (χ0) is 18.7. The van der Waals surface area contributed by atoms with Gasteiger partial charge in [-0.15, -0.1) is 0 Å². The second-order valence-corrected chi connectivity index (χ2v) is 6.45. The van der Waals surface area contributed by atoms with E-state index in [9.17, 15) is 4.79 Å². The molecule has 0 bridgehead atoms. The first-order valence-electron chi connectivity index (χ1n) is 7.82. The van der Waals surface area contributed by atoms with Crippen LogP contribution in [-0.2, 0) is 13.7 Å². The van der Waals surface area contributed by atoms with Crippen molar-refractivity contribution < 1.29 is 13.9 Å². The summed E-state index contributed by atoms with van der Waals surface area (Å²) in [5.74, 6) is 1.39. The lowest BCUT2D eigenvalue weighted by Crippen LogP contribution is -2.03. The molecule has 0 fully saturated rings. The number of carbonyl (C=O) groups excluding carboxylic acids is 1. The van der Waals surface area contributed by atoms with Crippen molar-refractivity contribution >= 4 is 35.1 Å². The Hall–Kier alpha value is -2.50. The zero-order valence-electron chi connectivity index (χ0n) is 14.2. The van der Waals surface area contributed by atoms with Crippen LogP contribution in [-0.4, -0.2) is 15.6 Å². The Bertz CT molecular complexity index is 953. The maximum Gasteiger partial charge on any atom is 0.203 e. The molecule has 0 aliphatic heterocycles. The molecule has 134 valence electrons. The largest absolute Gasteiger partial charge is 0.483 e. The molecule has 1 aromatic carbocycles. The molecule has 7 heteroatoms. The standard InChI is InChI=1S/C19H16Cl2N2O3/c1-12-10-17(23(2)22-12)18(24)9-8-13-6-7-14(26-13)11-25-19-15(20)4-3-5-16(19)21/h3-10H,11H2,1-2H3/b9-8-. The average Bonchev–Trinajstić information content (AvgIpc) is 3.18. The predicted octanol–water partition coefficient (Wildman–Crippen LogP) is 5.10. The highest BCUT2D eigenvalue weighted by Crippen LogP contribution is 2.33. The smallest absolute Gasteiger partial charge is 0.203 e. The van der Waals surface area contributed by atoms with E-state index in [0.29, 0.717) is 33.0 Å². The average molecular weight is 391 g/mol. The number of hydrogen-bond acceptors (Lipinski definition) is 4. The molecule has 0 radical (unpaired) electrons. The van der Waals surface area contributed by atoms with Gasteiger partial charge in [-0.05, 0) is 49.4 Å². The number of ether oxygens (including phenoxy) is 1. The van der Waals surface area contributed by atoms with Crippen molar-refractivity contribution in [1.29, 1.82) is 0 Å². The number of hydrogen-bond donors (Lipinski definition) is 0. The maximum atomic E-state index is 12.2. The fourth-order valence-corrected chi connectivity index (χ4v) is 2.92. The highest BCUT2D eigenvalue weighted by atomic mass is 35.5. The maximum absolute atomic E-state index is 12.2. The van der Waals surface area contributed by atoms with Crippen LogP contribution in [0.15, 0.2) is 46.9 Å². The molecule has 0 aliphatic carbocycles. The lowest BCUT2D eigenvalue weighted by molar-refractivity contribution is 0.103. The SMILES string of the molecule is Cc1cc(C(=O)/C=C\c2ccc(COc3c(Cl)cccc3Cl)o2)n(C)n1. The topological polar surface area (TPSA) is 57.3 Å². The first kappa shape index (κ1) is 18.3. The van der Waals surface area contributed by atoms with Crippen LogP contribution < -0.4 is 4.74 Å². The van der Waals surface area contributed by atoms with Gasteiger partial charge in [-0.1, -0.05) is 29.3 Å². The highest BCUT2D eigenvalue weighted by molar-refractivity contribution is 6.37. The quantitative estimate of drug-likeness (QED) is 0.433. The molecular formula is C19H16Cl2N2O3. The molecule has 5 nitrogen and oxygen atoms in total. The first-order chi connectivity index (χ1) is 12.4. The Morgan fingerprint density at radius 3 is 2.65 bits per heavy atom. The van der Waals surface area contributed by atoms with Crippen molar-refractivity contribution in [2.75, 3.05) is 0 Å². The van der Waals surface area contributed by atoms with E-state index < -0.39 is 0 Å². The Labute approximate surface area is 160 Å². The van der Waals surface area contributed by atoms with Gasteiger partial charge in [0, 0.05) is 7.05 Å². The summed E-state index contributed by atoms with van der Waals surface area (Å²) < 4.78 is 12.8. The van der Waals surface area contributed by atoms with Crippen LogP contribution in [0.4, 0.5) is 0 Å². The predicted molar refractivity (Wildman–Crippen MR) is 101 cm³/mol. The summed E-state index contributed by atoms with van der Waals surface area (Å²) in [6.45, 7) is 2.01. The molecule has 0 saturated heterocycles. The van der Waals surface area contributed by atoms with Gasteiger partial charge in [0.05, 0.1) is 15.7 Å². The van der Waals surface area contributed by atoms with Gasteiger partial charge in [-0.3, -0.25) is 9.48 Å². The van der Waals surface area contributed by atoms with Crippen molar-refractivity contribution in [2.45, 2.75) is 13.5 Å². The summed E-state index contributed by atoms with van der Waals surface area (Å²) in [6.07, 6.45) is 3.06. The van der Waals surface area contributed by atoms with Crippen molar-refractivity contribution in [1.82, 2.24) is 9.78 Å².